The van der Waals surface area contributed by atoms with Crippen molar-refractivity contribution in [1.29, 1.82) is 5.26 Å². The van der Waals surface area contributed by atoms with Crippen LogP contribution in [0.15, 0.2) is 0 Å². The van der Waals surface area contributed by atoms with E-state index >= 15 is 0 Å². The van der Waals surface area contributed by atoms with Crippen molar-refractivity contribution in [2.75, 3.05) is 13.1 Å². The van der Waals surface area contributed by atoms with Crippen LogP contribution >= 0.6 is 0 Å². The second kappa shape index (κ2) is 4.83. The van der Waals surface area contributed by atoms with E-state index in [9.17, 15) is 4.79 Å². The second-order valence-electron chi connectivity index (χ2n) is 3.27. The summed E-state index contributed by atoms with van der Waals surface area (Å²) in [6.45, 7) is 0.967. The highest BCUT2D eigenvalue weighted by Gasteiger charge is 2.31. The molecular formula is C9H15N3O. The molecule has 0 heterocycles. The minimum atomic E-state index is 0.0975. The number of amides is 1. The van der Waals surface area contributed by atoms with Crippen LogP contribution in [-0.2, 0) is 4.79 Å². The molecule has 1 saturated carbocycles. The number of carbonyl (C=O) groups excluding carboxylic acids is 1. The van der Waals surface area contributed by atoms with Crippen LogP contribution in [0, 0.1) is 11.3 Å². The molecule has 0 radical (unpaired) electrons. The highest BCUT2D eigenvalue weighted by molar-refractivity contribution is 5.77. The molecule has 1 rings (SSSR count). The molecule has 0 atom stereocenters. The van der Waals surface area contributed by atoms with Crippen LogP contribution in [0.3, 0.4) is 0 Å². The van der Waals surface area contributed by atoms with Gasteiger partial charge in [0.15, 0.2) is 0 Å². The van der Waals surface area contributed by atoms with Crippen molar-refractivity contribution >= 4 is 5.91 Å². The number of hydrogen-bond donors (Lipinski definition) is 1. The van der Waals surface area contributed by atoms with Crippen molar-refractivity contribution in [3.8, 4) is 6.07 Å². The molecule has 1 aliphatic rings. The van der Waals surface area contributed by atoms with Crippen LogP contribution < -0.4 is 5.73 Å². The quantitative estimate of drug-likeness (QED) is 0.660. The van der Waals surface area contributed by atoms with Crippen molar-refractivity contribution in [2.24, 2.45) is 5.73 Å². The lowest BCUT2D eigenvalue weighted by Crippen LogP contribution is -2.34. The summed E-state index contributed by atoms with van der Waals surface area (Å²) in [7, 11) is 0. The Kier molecular flexibility index (Phi) is 3.71. The van der Waals surface area contributed by atoms with Gasteiger partial charge in [0.05, 0.1) is 12.5 Å². The molecule has 13 heavy (non-hydrogen) atoms. The van der Waals surface area contributed by atoms with Crippen LogP contribution in [0.4, 0.5) is 0 Å². The Morgan fingerprint density at radius 3 is 2.77 bits per heavy atom. The SMILES string of the molecule is N#CCCN(C(=O)CCN)C1CC1. The van der Waals surface area contributed by atoms with Gasteiger partial charge < -0.3 is 10.6 Å². The van der Waals surface area contributed by atoms with Crippen molar-refractivity contribution in [3.63, 3.8) is 0 Å². The molecule has 0 unspecified atom stereocenters. The van der Waals surface area contributed by atoms with Gasteiger partial charge in [0.1, 0.15) is 0 Å². The Hall–Kier alpha value is -1.08. The largest absolute Gasteiger partial charge is 0.339 e. The highest BCUT2D eigenvalue weighted by Crippen LogP contribution is 2.27. The van der Waals surface area contributed by atoms with E-state index in [1.807, 2.05) is 0 Å². The van der Waals surface area contributed by atoms with Crippen LogP contribution in [0.2, 0.25) is 0 Å². The van der Waals surface area contributed by atoms with Gasteiger partial charge in [-0.1, -0.05) is 0 Å². The first kappa shape index (κ1) is 10.0. The van der Waals surface area contributed by atoms with Crippen LogP contribution in [-0.4, -0.2) is 29.9 Å². The van der Waals surface area contributed by atoms with E-state index in [2.05, 4.69) is 6.07 Å². The molecular weight excluding hydrogens is 166 g/mol. The first-order chi connectivity index (χ1) is 6.29. The molecule has 72 valence electrons. The molecule has 0 saturated heterocycles. The normalized spacial score (nSPS) is 15.1. The molecule has 4 nitrogen and oxygen atoms in total. The summed E-state index contributed by atoms with van der Waals surface area (Å²) in [6.07, 6.45) is 3.00. The van der Waals surface area contributed by atoms with Crippen molar-refractivity contribution in [1.82, 2.24) is 4.90 Å². The van der Waals surface area contributed by atoms with Crippen LogP contribution in [0.5, 0.6) is 0 Å². The lowest BCUT2D eigenvalue weighted by Gasteiger charge is -2.20. The van der Waals surface area contributed by atoms with Crippen LogP contribution in [0.1, 0.15) is 25.7 Å². The van der Waals surface area contributed by atoms with Gasteiger partial charge in [-0.15, -0.1) is 0 Å². The number of rotatable bonds is 5. The lowest BCUT2D eigenvalue weighted by molar-refractivity contribution is -0.131. The fourth-order valence-corrected chi connectivity index (χ4v) is 1.33. The van der Waals surface area contributed by atoms with Crippen molar-refractivity contribution < 1.29 is 4.79 Å². The van der Waals surface area contributed by atoms with E-state index in [4.69, 9.17) is 11.0 Å². The number of nitrogens with zero attached hydrogens (tertiary/aromatic N) is 2. The van der Waals surface area contributed by atoms with E-state index in [1.165, 1.54) is 0 Å². The molecule has 0 aromatic rings. The van der Waals surface area contributed by atoms with Gasteiger partial charge in [0.25, 0.3) is 0 Å². The van der Waals surface area contributed by atoms with E-state index < -0.39 is 0 Å². The molecule has 1 fully saturated rings. The summed E-state index contributed by atoms with van der Waals surface area (Å²) in [5, 5.41) is 8.42. The maximum Gasteiger partial charge on any atom is 0.224 e. The van der Waals surface area contributed by atoms with E-state index in [-0.39, 0.29) is 5.91 Å². The zero-order chi connectivity index (χ0) is 9.68. The van der Waals surface area contributed by atoms with Crippen molar-refractivity contribution in [2.45, 2.75) is 31.7 Å². The number of nitrogens with two attached hydrogens (primary N) is 1. The van der Waals surface area contributed by atoms with Gasteiger partial charge in [-0.05, 0) is 12.8 Å². The standard InChI is InChI=1S/C9H15N3O/c10-5-1-7-12(8-2-3-8)9(13)4-6-11/h8H,1-4,6-7,11H2. The molecule has 2 N–H and O–H groups in total. The van der Waals surface area contributed by atoms with Gasteiger partial charge in [-0.3, -0.25) is 4.79 Å². The Bertz CT molecular complexity index is 217. The molecule has 4 heteroatoms. The van der Waals surface area contributed by atoms with Gasteiger partial charge in [-0.2, -0.15) is 5.26 Å². The second-order valence-corrected chi connectivity index (χ2v) is 3.27. The predicted octanol–water partition coefficient (Wildman–Crippen LogP) is 0.240. The van der Waals surface area contributed by atoms with Gasteiger partial charge in [-0.25, -0.2) is 0 Å². The average molecular weight is 181 g/mol. The van der Waals surface area contributed by atoms with Gasteiger partial charge in [0, 0.05) is 25.6 Å². The van der Waals surface area contributed by atoms with E-state index in [1.54, 1.807) is 4.90 Å². The predicted molar refractivity (Wildman–Crippen MR) is 48.6 cm³/mol. The molecule has 0 spiro atoms. The molecule has 0 aromatic carbocycles. The zero-order valence-electron chi connectivity index (χ0n) is 7.70. The third-order valence-corrected chi connectivity index (χ3v) is 2.13. The summed E-state index contributed by atoms with van der Waals surface area (Å²) in [6, 6.07) is 2.45. The maximum absolute atomic E-state index is 11.5. The topological polar surface area (TPSA) is 70.1 Å². The lowest BCUT2D eigenvalue weighted by atomic mass is 10.3. The highest BCUT2D eigenvalue weighted by atomic mass is 16.2. The van der Waals surface area contributed by atoms with Gasteiger partial charge >= 0.3 is 0 Å². The Morgan fingerprint density at radius 2 is 2.31 bits per heavy atom. The Labute approximate surface area is 78.3 Å². The third-order valence-electron chi connectivity index (χ3n) is 2.13. The Balaban J connectivity index is 2.37. The summed E-state index contributed by atoms with van der Waals surface area (Å²) in [5.74, 6) is 0.0975. The number of carbonyl (C=O) groups is 1. The van der Waals surface area contributed by atoms with E-state index in [0.29, 0.717) is 32.0 Å². The monoisotopic (exact) mass is 181 g/mol. The maximum atomic E-state index is 11.5. The molecule has 0 aromatic heterocycles. The summed E-state index contributed by atoms with van der Waals surface area (Å²) in [4.78, 5) is 13.3. The minimum absolute atomic E-state index is 0.0975. The fraction of sp³-hybridized carbons (Fsp3) is 0.778. The average Bonchev–Trinajstić information content (AvgIpc) is 2.89. The molecule has 1 aliphatic carbocycles. The first-order valence-corrected chi connectivity index (χ1v) is 4.66. The molecule has 0 bridgehead atoms. The number of nitriles is 1. The van der Waals surface area contributed by atoms with Crippen molar-refractivity contribution in [3.05, 3.63) is 0 Å². The summed E-state index contributed by atoms with van der Waals surface area (Å²) >= 11 is 0. The number of hydrogen-bond acceptors (Lipinski definition) is 3. The minimum Gasteiger partial charge on any atom is -0.339 e. The first-order valence-electron chi connectivity index (χ1n) is 4.66. The summed E-state index contributed by atoms with van der Waals surface area (Å²) < 4.78 is 0. The molecule has 0 aliphatic heterocycles. The smallest absolute Gasteiger partial charge is 0.224 e. The fourth-order valence-electron chi connectivity index (χ4n) is 1.33. The molecule has 1 amide bonds. The van der Waals surface area contributed by atoms with E-state index in [0.717, 1.165) is 12.8 Å². The summed E-state index contributed by atoms with van der Waals surface area (Å²) in [5.41, 5.74) is 5.30. The zero-order valence-corrected chi connectivity index (χ0v) is 7.70. The Morgan fingerprint density at radius 1 is 1.62 bits per heavy atom. The van der Waals surface area contributed by atoms with Crippen LogP contribution in [0.25, 0.3) is 0 Å². The third kappa shape index (κ3) is 3.03. The van der Waals surface area contributed by atoms with Gasteiger partial charge in [0.2, 0.25) is 5.91 Å².